The summed E-state index contributed by atoms with van der Waals surface area (Å²) in [5.74, 6) is -0.324. The standard InChI is InChI=1S/C17H17BrN2O/c1-11-2-3-12-8-9-17(16(19)21,15(12)10-11)20-14-6-4-13(18)5-7-14/h2-7,10,20H,8-9H2,1H3,(H2,19,21). The number of hydrogen-bond acceptors (Lipinski definition) is 2. The van der Waals surface area contributed by atoms with Crippen LogP contribution in [0.1, 0.15) is 23.1 Å². The van der Waals surface area contributed by atoms with Gasteiger partial charge < -0.3 is 11.1 Å². The number of carbonyl (C=O) groups is 1. The Balaban J connectivity index is 2.05. The fraction of sp³-hybridized carbons (Fsp3) is 0.235. The molecular weight excluding hydrogens is 328 g/mol. The summed E-state index contributed by atoms with van der Waals surface area (Å²) in [6.45, 7) is 2.03. The molecule has 0 saturated carbocycles. The molecule has 1 atom stereocenters. The Labute approximate surface area is 132 Å². The summed E-state index contributed by atoms with van der Waals surface area (Å²) in [6.07, 6.45) is 1.55. The zero-order chi connectivity index (χ0) is 15.0. The molecule has 1 unspecified atom stereocenters. The molecule has 0 radical (unpaired) electrons. The van der Waals surface area contributed by atoms with Gasteiger partial charge in [-0.1, -0.05) is 39.7 Å². The quantitative estimate of drug-likeness (QED) is 0.895. The number of carbonyl (C=O) groups excluding carboxylic acids is 1. The van der Waals surface area contributed by atoms with Gasteiger partial charge in [-0.25, -0.2) is 0 Å². The molecular formula is C17H17BrN2O. The predicted molar refractivity (Wildman–Crippen MR) is 88.1 cm³/mol. The van der Waals surface area contributed by atoms with Crippen LogP contribution in [0.3, 0.4) is 0 Å². The second-order valence-corrected chi connectivity index (χ2v) is 6.48. The molecule has 0 heterocycles. The lowest BCUT2D eigenvalue weighted by atomic mass is 9.89. The van der Waals surface area contributed by atoms with Crippen LogP contribution in [0.2, 0.25) is 0 Å². The van der Waals surface area contributed by atoms with Crippen molar-refractivity contribution in [3.8, 4) is 0 Å². The number of rotatable bonds is 3. The number of halogens is 1. The van der Waals surface area contributed by atoms with Crippen molar-refractivity contribution in [2.45, 2.75) is 25.3 Å². The molecule has 0 fully saturated rings. The minimum Gasteiger partial charge on any atom is -0.368 e. The number of nitrogens with two attached hydrogens (primary N) is 1. The van der Waals surface area contributed by atoms with E-state index in [9.17, 15) is 4.79 Å². The lowest BCUT2D eigenvalue weighted by molar-refractivity contribution is -0.122. The number of benzene rings is 2. The van der Waals surface area contributed by atoms with Crippen molar-refractivity contribution in [2.24, 2.45) is 5.73 Å². The van der Waals surface area contributed by atoms with Crippen LogP contribution in [0.5, 0.6) is 0 Å². The van der Waals surface area contributed by atoms with Crippen molar-refractivity contribution in [1.82, 2.24) is 0 Å². The van der Waals surface area contributed by atoms with Gasteiger partial charge in [0.2, 0.25) is 5.91 Å². The van der Waals surface area contributed by atoms with Gasteiger partial charge in [-0.3, -0.25) is 4.79 Å². The molecule has 3 nitrogen and oxygen atoms in total. The van der Waals surface area contributed by atoms with E-state index in [0.717, 1.165) is 27.7 Å². The highest BCUT2D eigenvalue weighted by Crippen LogP contribution is 2.40. The summed E-state index contributed by atoms with van der Waals surface area (Å²) in [4.78, 5) is 12.2. The second kappa shape index (κ2) is 5.19. The average Bonchev–Trinajstić information content (AvgIpc) is 2.81. The molecule has 4 heteroatoms. The molecule has 108 valence electrons. The number of hydrogen-bond donors (Lipinski definition) is 2. The lowest BCUT2D eigenvalue weighted by Gasteiger charge is -2.29. The number of aryl methyl sites for hydroxylation is 2. The summed E-state index contributed by atoms with van der Waals surface area (Å²) < 4.78 is 1.00. The van der Waals surface area contributed by atoms with Crippen molar-refractivity contribution in [3.05, 3.63) is 63.6 Å². The topological polar surface area (TPSA) is 55.1 Å². The minimum atomic E-state index is -0.810. The van der Waals surface area contributed by atoms with E-state index in [1.54, 1.807) is 0 Å². The van der Waals surface area contributed by atoms with Gasteiger partial charge in [-0.2, -0.15) is 0 Å². The molecule has 1 aliphatic carbocycles. The van der Waals surface area contributed by atoms with Gasteiger partial charge in [0.1, 0.15) is 5.54 Å². The third kappa shape index (κ3) is 2.44. The van der Waals surface area contributed by atoms with E-state index in [1.807, 2.05) is 31.2 Å². The van der Waals surface area contributed by atoms with Crippen LogP contribution in [0.15, 0.2) is 46.9 Å². The van der Waals surface area contributed by atoms with Crippen molar-refractivity contribution in [1.29, 1.82) is 0 Å². The van der Waals surface area contributed by atoms with Gasteiger partial charge in [0.05, 0.1) is 0 Å². The summed E-state index contributed by atoms with van der Waals surface area (Å²) in [7, 11) is 0. The summed E-state index contributed by atoms with van der Waals surface area (Å²) >= 11 is 3.42. The van der Waals surface area contributed by atoms with Crippen molar-refractivity contribution >= 4 is 27.5 Å². The normalized spacial score (nSPS) is 20.1. The molecule has 3 N–H and O–H groups in total. The maximum absolute atomic E-state index is 12.2. The Kier molecular flexibility index (Phi) is 3.49. The van der Waals surface area contributed by atoms with E-state index in [-0.39, 0.29) is 5.91 Å². The highest BCUT2D eigenvalue weighted by atomic mass is 79.9. The average molecular weight is 345 g/mol. The van der Waals surface area contributed by atoms with Crippen LogP contribution in [0.25, 0.3) is 0 Å². The number of anilines is 1. The van der Waals surface area contributed by atoms with Crippen LogP contribution < -0.4 is 11.1 Å². The summed E-state index contributed by atoms with van der Waals surface area (Å²) in [5, 5.41) is 3.37. The first-order chi connectivity index (χ1) is 10.0. The predicted octanol–water partition coefficient (Wildman–Crippen LogP) is 3.50. The molecule has 2 aromatic rings. The minimum absolute atomic E-state index is 0.324. The van der Waals surface area contributed by atoms with Crippen molar-refractivity contribution in [3.63, 3.8) is 0 Å². The third-order valence-corrected chi connectivity index (χ3v) is 4.65. The Morgan fingerprint density at radius 2 is 1.95 bits per heavy atom. The van der Waals surface area contributed by atoms with E-state index in [2.05, 4.69) is 39.4 Å². The molecule has 1 amide bonds. The first kappa shape index (κ1) is 14.1. The maximum Gasteiger partial charge on any atom is 0.247 e. The summed E-state index contributed by atoms with van der Waals surface area (Å²) in [5.41, 5.74) is 9.20. The Hall–Kier alpha value is -1.81. The highest BCUT2D eigenvalue weighted by molar-refractivity contribution is 9.10. The van der Waals surface area contributed by atoms with Gasteiger partial charge in [0.25, 0.3) is 0 Å². The fourth-order valence-corrected chi connectivity index (χ4v) is 3.25. The zero-order valence-electron chi connectivity index (χ0n) is 11.8. The SMILES string of the molecule is Cc1ccc2c(c1)C(Nc1ccc(Br)cc1)(C(N)=O)CC2. The largest absolute Gasteiger partial charge is 0.368 e. The van der Waals surface area contributed by atoms with Gasteiger partial charge in [0.15, 0.2) is 0 Å². The highest BCUT2D eigenvalue weighted by Gasteiger charge is 2.44. The van der Waals surface area contributed by atoms with Crippen LogP contribution >= 0.6 is 15.9 Å². The Morgan fingerprint density at radius 3 is 2.62 bits per heavy atom. The lowest BCUT2D eigenvalue weighted by Crippen LogP contribution is -2.46. The van der Waals surface area contributed by atoms with E-state index in [4.69, 9.17) is 5.73 Å². The Morgan fingerprint density at radius 1 is 1.24 bits per heavy atom. The van der Waals surface area contributed by atoms with Crippen LogP contribution in [-0.2, 0) is 16.8 Å². The van der Waals surface area contributed by atoms with Gasteiger partial charge in [-0.15, -0.1) is 0 Å². The molecule has 0 aromatic heterocycles. The first-order valence-electron chi connectivity index (χ1n) is 6.95. The monoisotopic (exact) mass is 344 g/mol. The maximum atomic E-state index is 12.2. The molecule has 0 saturated heterocycles. The van der Waals surface area contributed by atoms with E-state index >= 15 is 0 Å². The number of fused-ring (bicyclic) bond motifs is 1. The van der Waals surface area contributed by atoms with Crippen LogP contribution in [0, 0.1) is 6.92 Å². The summed E-state index contributed by atoms with van der Waals surface area (Å²) in [6, 6.07) is 14.0. The van der Waals surface area contributed by atoms with Crippen LogP contribution in [0.4, 0.5) is 5.69 Å². The van der Waals surface area contributed by atoms with Gasteiger partial charge in [0, 0.05) is 10.2 Å². The van der Waals surface area contributed by atoms with E-state index in [0.29, 0.717) is 6.42 Å². The second-order valence-electron chi connectivity index (χ2n) is 5.56. The fourth-order valence-electron chi connectivity index (χ4n) is 2.99. The molecule has 2 aromatic carbocycles. The zero-order valence-corrected chi connectivity index (χ0v) is 13.4. The first-order valence-corrected chi connectivity index (χ1v) is 7.74. The van der Waals surface area contributed by atoms with Crippen molar-refractivity contribution in [2.75, 3.05) is 5.32 Å². The Bertz CT molecular complexity index is 696. The van der Waals surface area contributed by atoms with Gasteiger partial charge >= 0.3 is 0 Å². The van der Waals surface area contributed by atoms with Gasteiger partial charge in [-0.05, 0) is 55.2 Å². The molecule has 0 spiro atoms. The molecule has 21 heavy (non-hydrogen) atoms. The number of primary amides is 1. The van der Waals surface area contributed by atoms with E-state index < -0.39 is 5.54 Å². The number of amides is 1. The molecule has 0 aliphatic heterocycles. The molecule has 3 rings (SSSR count). The smallest absolute Gasteiger partial charge is 0.247 e. The number of nitrogens with one attached hydrogen (secondary N) is 1. The third-order valence-electron chi connectivity index (χ3n) is 4.12. The van der Waals surface area contributed by atoms with Crippen molar-refractivity contribution < 1.29 is 4.79 Å². The molecule has 1 aliphatic rings. The van der Waals surface area contributed by atoms with E-state index in [1.165, 1.54) is 5.56 Å². The van der Waals surface area contributed by atoms with Crippen LogP contribution in [-0.4, -0.2) is 5.91 Å². The molecule has 0 bridgehead atoms.